The highest BCUT2D eigenvalue weighted by Gasteiger charge is 2.30. The Morgan fingerprint density at radius 2 is 0.942 bits per heavy atom. The van der Waals surface area contributed by atoms with Crippen molar-refractivity contribution in [1.29, 1.82) is 0 Å². The van der Waals surface area contributed by atoms with Gasteiger partial charge in [0.05, 0.1) is 63.6 Å². The van der Waals surface area contributed by atoms with E-state index in [4.69, 9.17) is 47.6 Å². The molecule has 6 aromatic rings. The topological polar surface area (TPSA) is 167 Å². The Labute approximate surface area is 512 Å². The smallest absolute Gasteiger partial charge is 0.330 e. The van der Waals surface area contributed by atoms with Crippen LogP contribution >= 0.6 is 11.8 Å². The molecule has 0 aliphatic heterocycles. The molecule has 0 spiro atoms. The summed E-state index contributed by atoms with van der Waals surface area (Å²) in [4.78, 5) is 44.8. The molecule has 2 fully saturated rings. The number of carbonyl (C=O) groups is 3. The minimum atomic E-state index is -0.897. The first-order valence-electron chi connectivity index (χ1n) is 31.3. The monoisotopic (exact) mass is 1190 g/mol. The summed E-state index contributed by atoms with van der Waals surface area (Å²) in [5, 5.41) is 12.8. The molecule has 1 aromatic heterocycles. The van der Waals surface area contributed by atoms with Crippen molar-refractivity contribution >= 4 is 51.3 Å². The number of hydrogen-bond donors (Lipinski definition) is 1. The Morgan fingerprint density at radius 1 is 0.512 bits per heavy atom. The fraction of sp³-hybridized carbons (Fsp3) is 0.465. The number of ether oxygens (including phenoxy) is 9. The van der Waals surface area contributed by atoms with E-state index >= 15 is 0 Å². The number of pyridine rings is 1. The first-order chi connectivity index (χ1) is 42.1. The molecule has 5 aromatic carbocycles. The van der Waals surface area contributed by atoms with Crippen LogP contribution in [0.5, 0.6) is 40.2 Å². The third kappa shape index (κ3) is 21.4. The molecule has 2 aliphatic rings. The van der Waals surface area contributed by atoms with Gasteiger partial charge in [0.15, 0.2) is 6.29 Å². The van der Waals surface area contributed by atoms with Crippen LogP contribution in [0.25, 0.3) is 21.7 Å². The molecule has 15 heteroatoms. The van der Waals surface area contributed by atoms with Gasteiger partial charge < -0.3 is 47.7 Å². The van der Waals surface area contributed by atoms with E-state index in [2.05, 4.69) is 20.1 Å². The van der Waals surface area contributed by atoms with Gasteiger partial charge in [0.25, 0.3) is 0 Å². The van der Waals surface area contributed by atoms with E-state index < -0.39 is 6.29 Å². The van der Waals surface area contributed by atoms with E-state index in [9.17, 15) is 19.5 Å². The van der Waals surface area contributed by atoms with Crippen LogP contribution in [0, 0.1) is 23.7 Å². The Balaban J connectivity index is 0.814. The zero-order valence-electron chi connectivity index (χ0n) is 50.1. The summed E-state index contributed by atoms with van der Waals surface area (Å²) in [6.45, 7) is 13.1. The second-order valence-corrected chi connectivity index (χ2v) is 23.6. The van der Waals surface area contributed by atoms with Gasteiger partial charge >= 0.3 is 17.9 Å². The second-order valence-electron chi connectivity index (χ2n) is 22.5. The fourth-order valence-electron chi connectivity index (χ4n) is 10.8. The molecule has 0 bridgehead atoms. The standard InChI is InChI=1S/C71H87NO13S/c1-4-7-8-13-42-79-57-34-38-62(39-35-57)86-69-65-47-60(84-70(75)53-22-18-51(19-23-53)49-82-58-30-26-55(27-31-58)77-43-14-9-11-16-45-80-67(73)5-2)36-40-63(65)64-41-37-61(48-66(64)72-69)85-71(76)54-24-20-52(21-25-54)50-83-59-32-28-56(29-33-59)78-44-15-10-12-17-46-81-68(74)6-3/h5-6,26-41,47-48,51-54,67,73H,2-4,7-25,42-46,49-50H2,1H3. The van der Waals surface area contributed by atoms with Crippen LogP contribution in [0.15, 0.2) is 144 Å². The largest absolute Gasteiger partial charge is 0.494 e. The SMILES string of the molecule is C=CC(=O)OCCCCCCOc1ccc(OCC2CCC(C(=O)Oc3ccc4c(c3)nc(Sc3ccc(OCCCCCC)cc3)c3cc(OC(=O)C5CCC(COc6ccc(OCCCCCCOC(O)C=C)cc6)CC5)ccc34)CC2)cc1. The number of aliphatic hydroxyl groups is 1. The third-order valence-electron chi connectivity index (χ3n) is 15.9. The number of nitrogens with zero attached hydrogens (tertiary/aromatic N) is 1. The van der Waals surface area contributed by atoms with Crippen LogP contribution in [-0.2, 0) is 23.9 Å². The predicted molar refractivity (Wildman–Crippen MR) is 337 cm³/mol. The molecule has 2 saturated carbocycles. The van der Waals surface area contributed by atoms with E-state index in [-0.39, 0.29) is 29.7 Å². The van der Waals surface area contributed by atoms with Gasteiger partial charge in [-0.3, -0.25) is 9.59 Å². The van der Waals surface area contributed by atoms with Crippen molar-refractivity contribution < 1.29 is 62.1 Å². The lowest BCUT2D eigenvalue weighted by molar-refractivity contribution is -0.141. The highest BCUT2D eigenvalue weighted by molar-refractivity contribution is 7.99. The Bertz CT molecular complexity index is 3040. The van der Waals surface area contributed by atoms with Crippen LogP contribution in [0.3, 0.4) is 0 Å². The van der Waals surface area contributed by atoms with Crippen molar-refractivity contribution in [2.75, 3.05) is 46.2 Å². The summed E-state index contributed by atoms with van der Waals surface area (Å²) in [5.41, 5.74) is 0.690. The van der Waals surface area contributed by atoms with E-state index in [0.717, 1.165) is 170 Å². The molecule has 460 valence electrons. The van der Waals surface area contributed by atoms with Crippen LogP contribution in [-0.4, -0.2) is 80.5 Å². The number of unbranched alkanes of at least 4 members (excludes halogenated alkanes) is 9. The number of fused-ring (bicyclic) bond motifs is 3. The molecule has 2 aliphatic carbocycles. The second kappa shape index (κ2) is 35.5. The lowest BCUT2D eigenvalue weighted by Crippen LogP contribution is -2.27. The van der Waals surface area contributed by atoms with Gasteiger partial charge in [0, 0.05) is 27.8 Å². The molecular weight excluding hydrogens is 1110 g/mol. The van der Waals surface area contributed by atoms with Gasteiger partial charge in [-0.15, -0.1) is 0 Å². The van der Waals surface area contributed by atoms with E-state index in [1.807, 2.05) is 109 Å². The summed E-state index contributed by atoms with van der Waals surface area (Å²) in [6, 6.07) is 35.0. The maximum Gasteiger partial charge on any atom is 0.330 e. The van der Waals surface area contributed by atoms with Gasteiger partial charge in [0.1, 0.15) is 45.3 Å². The minimum Gasteiger partial charge on any atom is -0.494 e. The van der Waals surface area contributed by atoms with Crippen molar-refractivity contribution in [1.82, 2.24) is 4.98 Å². The van der Waals surface area contributed by atoms with Gasteiger partial charge in [0.2, 0.25) is 0 Å². The van der Waals surface area contributed by atoms with Gasteiger partial charge in [-0.2, -0.15) is 0 Å². The van der Waals surface area contributed by atoms with Gasteiger partial charge in [-0.05, 0) is 229 Å². The van der Waals surface area contributed by atoms with Crippen LogP contribution in [0.1, 0.15) is 135 Å². The predicted octanol–water partition coefficient (Wildman–Crippen LogP) is 16.2. The quantitative estimate of drug-likeness (QED) is 0.00743. The number of benzene rings is 5. The number of aliphatic hydroxyl groups excluding tert-OH is 1. The van der Waals surface area contributed by atoms with Crippen molar-refractivity contribution in [3.63, 3.8) is 0 Å². The van der Waals surface area contributed by atoms with Gasteiger partial charge in [-0.25, -0.2) is 9.78 Å². The van der Waals surface area contributed by atoms with Crippen LogP contribution in [0.2, 0.25) is 0 Å². The molecule has 0 amide bonds. The maximum absolute atomic E-state index is 13.8. The average Bonchev–Trinajstić information content (AvgIpc) is 1.13. The number of rotatable bonds is 37. The highest BCUT2D eigenvalue weighted by atomic mass is 32.2. The molecule has 0 saturated heterocycles. The van der Waals surface area contributed by atoms with Crippen molar-refractivity contribution in [3.8, 4) is 40.2 Å². The van der Waals surface area contributed by atoms with Crippen molar-refractivity contribution in [2.24, 2.45) is 23.7 Å². The lowest BCUT2D eigenvalue weighted by Gasteiger charge is -2.27. The van der Waals surface area contributed by atoms with Crippen LogP contribution in [0.4, 0.5) is 0 Å². The zero-order valence-corrected chi connectivity index (χ0v) is 51.0. The molecule has 0 radical (unpaired) electrons. The van der Waals surface area contributed by atoms with Gasteiger partial charge in [-0.1, -0.05) is 57.5 Å². The average molecular weight is 1190 g/mol. The molecule has 1 unspecified atom stereocenters. The first kappa shape index (κ1) is 64.9. The molecule has 14 nitrogen and oxygen atoms in total. The fourth-order valence-corrected chi connectivity index (χ4v) is 11.7. The Morgan fingerprint density at radius 3 is 1.43 bits per heavy atom. The number of carbonyl (C=O) groups excluding carboxylic acids is 3. The normalized spacial score (nSPS) is 17.0. The number of aromatic nitrogens is 1. The van der Waals surface area contributed by atoms with E-state index in [1.54, 1.807) is 0 Å². The van der Waals surface area contributed by atoms with Crippen molar-refractivity contribution in [3.05, 3.63) is 135 Å². The molecule has 8 rings (SSSR count). The maximum atomic E-state index is 13.8. The molecule has 86 heavy (non-hydrogen) atoms. The highest BCUT2D eigenvalue weighted by Crippen LogP contribution is 2.40. The lowest BCUT2D eigenvalue weighted by atomic mass is 9.82. The summed E-state index contributed by atoms with van der Waals surface area (Å²) in [7, 11) is 0. The summed E-state index contributed by atoms with van der Waals surface area (Å²) >= 11 is 1.52. The summed E-state index contributed by atoms with van der Waals surface area (Å²) < 4.78 is 52.8. The van der Waals surface area contributed by atoms with Crippen molar-refractivity contribution in [2.45, 2.75) is 152 Å². The zero-order chi connectivity index (χ0) is 60.1. The minimum absolute atomic E-state index is 0.210. The molecular formula is C71H87NO13S. The first-order valence-corrected chi connectivity index (χ1v) is 32.1. The van der Waals surface area contributed by atoms with E-state index in [1.165, 1.54) is 36.8 Å². The molecule has 1 N–H and O–H groups in total. The molecule has 1 atom stereocenters. The number of hydrogen-bond acceptors (Lipinski definition) is 15. The Hall–Kier alpha value is -7.07. The molecule has 1 heterocycles. The summed E-state index contributed by atoms with van der Waals surface area (Å²) in [5.74, 6) is 4.33. The Kier molecular flexibility index (Phi) is 26.8. The van der Waals surface area contributed by atoms with Crippen LogP contribution < -0.4 is 33.2 Å². The third-order valence-corrected chi connectivity index (χ3v) is 17.0. The van der Waals surface area contributed by atoms with E-state index in [0.29, 0.717) is 75.1 Å². The number of esters is 3. The summed E-state index contributed by atoms with van der Waals surface area (Å²) in [6.07, 6.45) is 20.1.